The molecular formula is C20H25N3O4S. The van der Waals surface area contributed by atoms with E-state index in [1.165, 1.54) is 12.1 Å². The van der Waals surface area contributed by atoms with Crippen molar-refractivity contribution in [3.05, 3.63) is 65.2 Å². The number of nitrogens with one attached hydrogen (secondary N) is 3. The summed E-state index contributed by atoms with van der Waals surface area (Å²) in [5, 5.41) is 5.21. The first-order chi connectivity index (χ1) is 13.2. The minimum atomic E-state index is -3.78. The molecule has 0 radical (unpaired) electrons. The average molecular weight is 404 g/mol. The van der Waals surface area contributed by atoms with Crippen molar-refractivity contribution in [3.8, 4) is 0 Å². The lowest BCUT2D eigenvalue weighted by Gasteiger charge is -2.16. The molecule has 0 spiro atoms. The fourth-order valence-electron chi connectivity index (χ4n) is 2.65. The first kappa shape index (κ1) is 21.6. The van der Waals surface area contributed by atoms with E-state index >= 15 is 0 Å². The molecule has 0 saturated heterocycles. The first-order valence-electron chi connectivity index (χ1n) is 8.87. The van der Waals surface area contributed by atoms with Gasteiger partial charge in [0.25, 0.3) is 0 Å². The lowest BCUT2D eigenvalue weighted by atomic mass is 10.0. The summed E-state index contributed by atoms with van der Waals surface area (Å²) in [6.07, 6.45) is 0. The van der Waals surface area contributed by atoms with Crippen LogP contribution in [-0.4, -0.2) is 33.3 Å². The number of hydrogen-bond acceptors (Lipinski definition) is 4. The summed E-state index contributed by atoms with van der Waals surface area (Å²) in [4.78, 5) is 24.0. The quantitative estimate of drug-likeness (QED) is 0.622. The van der Waals surface area contributed by atoms with Gasteiger partial charge in [-0.1, -0.05) is 42.0 Å². The van der Waals surface area contributed by atoms with Gasteiger partial charge in [0.05, 0.1) is 24.0 Å². The Morgan fingerprint density at radius 1 is 0.929 bits per heavy atom. The molecule has 8 heteroatoms. The van der Waals surface area contributed by atoms with Gasteiger partial charge in [0.15, 0.2) is 0 Å². The van der Waals surface area contributed by atoms with Crippen LogP contribution in [0.15, 0.2) is 53.4 Å². The molecule has 0 aliphatic rings. The number of benzene rings is 2. The molecule has 0 fully saturated rings. The van der Waals surface area contributed by atoms with Crippen LogP contribution < -0.4 is 15.4 Å². The second-order valence-electron chi connectivity index (χ2n) is 6.56. The van der Waals surface area contributed by atoms with Crippen molar-refractivity contribution in [3.63, 3.8) is 0 Å². The van der Waals surface area contributed by atoms with Crippen molar-refractivity contribution in [1.82, 2.24) is 15.4 Å². The van der Waals surface area contributed by atoms with Gasteiger partial charge in [0, 0.05) is 0 Å². The van der Waals surface area contributed by atoms with Crippen LogP contribution in [0.3, 0.4) is 0 Å². The third-order valence-electron chi connectivity index (χ3n) is 4.23. The van der Waals surface area contributed by atoms with Crippen molar-refractivity contribution in [1.29, 1.82) is 0 Å². The zero-order chi connectivity index (χ0) is 20.7. The standard InChI is InChI=1S/C20H25N3O4S/c1-14-8-10-17(11-9-14)28(26,27)22-13-19(24)21-12-20(25)23-16(3)18-7-5-4-6-15(18)2/h4-11,16,22H,12-13H2,1-3H3,(H,21,24)(H,23,25)/t16-/m1/s1. The maximum absolute atomic E-state index is 12.1. The van der Waals surface area contributed by atoms with Gasteiger partial charge >= 0.3 is 0 Å². The molecule has 3 N–H and O–H groups in total. The molecule has 2 aromatic rings. The minimum Gasteiger partial charge on any atom is -0.348 e. The van der Waals surface area contributed by atoms with Gasteiger partial charge in [-0.3, -0.25) is 9.59 Å². The van der Waals surface area contributed by atoms with Crippen LogP contribution in [0.2, 0.25) is 0 Å². The maximum Gasteiger partial charge on any atom is 0.241 e. The Bertz CT molecular complexity index is 940. The molecule has 0 aromatic heterocycles. The Morgan fingerprint density at radius 3 is 2.21 bits per heavy atom. The highest BCUT2D eigenvalue weighted by Gasteiger charge is 2.16. The van der Waals surface area contributed by atoms with E-state index in [4.69, 9.17) is 0 Å². The first-order valence-corrected chi connectivity index (χ1v) is 10.4. The van der Waals surface area contributed by atoms with Gasteiger partial charge in [0.1, 0.15) is 0 Å². The highest BCUT2D eigenvalue weighted by atomic mass is 32.2. The van der Waals surface area contributed by atoms with E-state index in [-0.39, 0.29) is 23.4 Å². The van der Waals surface area contributed by atoms with Crippen molar-refractivity contribution in [2.75, 3.05) is 13.1 Å². The number of carbonyl (C=O) groups is 2. The largest absolute Gasteiger partial charge is 0.348 e. The Hall–Kier alpha value is -2.71. The molecule has 0 unspecified atom stereocenters. The van der Waals surface area contributed by atoms with Crippen molar-refractivity contribution < 1.29 is 18.0 Å². The van der Waals surface area contributed by atoms with Gasteiger partial charge in [0.2, 0.25) is 21.8 Å². The summed E-state index contributed by atoms with van der Waals surface area (Å²) in [7, 11) is -3.78. The zero-order valence-corrected chi connectivity index (χ0v) is 17.0. The Morgan fingerprint density at radius 2 is 1.57 bits per heavy atom. The predicted molar refractivity (Wildman–Crippen MR) is 107 cm³/mol. The summed E-state index contributed by atoms with van der Waals surface area (Å²) in [5.74, 6) is -0.945. The molecule has 2 aromatic carbocycles. The predicted octanol–water partition coefficient (Wildman–Crippen LogP) is 1.58. The van der Waals surface area contributed by atoms with Crippen LogP contribution in [0, 0.1) is 13.8 Å². The minimum absolute atomic E-state index is 0.0794. The van der Waals surface area contributed by atoms with Crippen molar-refractivity contribution in [2.24, 2.45) is 0 Å². The van der Waals surface area contributed by atoms with E-state index in [0.717, 1.165) is 16.7 Å². The molecule has 7 nitrogen and oxygen atoms in total. The van der Waals surface area contributed by atoms with Gasteiger partial charge in [-0.05, 0) is 44.0 Å². The molecule has 0 aliphatic carbocycles. The third-order valence-corrected chi connectivity index (χ3v) is 5.65. The molecular weight excluding hydrogens is 378 g/mol. The highest BCUT2D eigenvalue weighted by molar-refractivity contribution is 7.89. The Labute approximate surface area is 165 Å². The Kier molecular flexibility index (Phi) is 7.31. The summed E-state index contributed by atoms with van der Waals surface area (Å²) in [6.45, 7) is 4.98. The van der Waals surface area contributed by atoms with Crippen LogP contribution in [0.1, 0.15) is 29.7 Å². The van der Waals surface area contributed by atoms with Gasteiger partial charge in [-0.25, -0.2) is 13.1 Å². The monoisotopic (exact) mass is 403 g/mol. The number of carbonyl (C=O) groups excluding carboxylic acids is 2. The number of amides is 2. The van der Waals surface area contributed by atoms with E-state index in [9.17, 15) is 18.0 Å². The fourth-order valence-corrected chi connectivity index (χ4v) is 3.63. The maximum atomic E-state index is 12.1. The number of rotatable bonds is 8. The molecule has 0 heterocycles. The third kappa shape index (κ3) is 6.17. The summed E-state index contributed by atoms with van der Waals surface area (Å²) in [5.41, 5.74) is 2.99. The number of sulfonamides is 1. The molecule has 0 aliphatic heterocycles. The van der Waals surface area contributed by atoms with Crippen LogP contribution in [0.25, 0.3) is 0 Å². The van der Waals surface area contributed by atoms with Crippen LogP contribution in [0.5, 0.6) is 0 Å². The molecule has 2 rings (SSSR count). The van der Waals surface area contributed by atoms with E-state index in [1.807, 2.05) is 45.0 Å². The Balaban J connectivity index is 1.79. The summed E-state index contributed by atoms with van der Waals surface area (Å²) < 4.78 is 26.5. The van der Waals surface area contributed by atoms with Gasteiger partial charge in [-0.2, -0.15) is 0 Å². The number of aryl methyl sites for hydroxylation is 2. The zero-order valence-electron chi connectivity index (χ0n) is 16.2. The van der Waals surface area contributed by atoms with Crippen LogP contribution in [0.4, 0.5) is 0 Å². The summed E-state index contributed by atoms with van der Waals surface area (Å²) in [6, 6.07) is 13.8. The smallest absolute Gasteiger partial charge is 0.241 e. The summed E-state index contributed by atoms with van der Waals surface area (Å²) >= 11 is 0. The van der Waals surface area contributed by atoms with E-state index in [2.05, 4.69) is 15.4 Å². The van der Waals surface area contributed by atoms with Gasteiger partial charge in [-0.15, -0.1) is 0 Å². The molecule has 0 bridgehead atoms. The lowest BCUT2D eigenvalue weighted by Crippen LogP contribution is -2.42. The van der Waals surface area contributed by atoms with Crippen LogP contribution >= 0.6 is 0 Å². The number of hydrogen-bond donors (Lipinski definition) is 3. The lowest BCUT2D eigenvalue weighted by molar-refractivity contribution is -0.125. The normalized spacial score (nSPS) is 12.2. The molecule has 1 atom stereocenters. The topological polar surface area (TPSA) is 104 Å². The molecule has 2 amide bonds. The van der Waals surface area contributed by atoms with E-state index in [1.54, 1.807) is 12.1 Å². The molecule has 0 saturated carbocycles. The fraction of sp³-hybridized carbons (Fsp3) is 0.300. The SMILES string of the molecule is Cc1ccc(S(=O)(=O)NCC(=O)NCC(=O)N[C@H](C)c2ccccc2C)cc1. The highest BCUT2D eigenvalue weighted by Crippen LogP contribution is 2.16. The second kappa shape index (κ2) is 9.48. The second-order valence-corrected chi connectivity index (χ2v) is 8.33. The molecule has 28 heavy (non-hydrogen) atoms. The van der Waals surface area contributed by atoms with Crippen LogP contribution in [-0.2, 0) is 19.6 Å². The average Bonchev–Trinajstić information content (AvgIpc) is 2.65. The molecule has 150 valence electrons. The van der Waals surface area contributed by atoms with Crippen molar-refractivity contribution in [2.45, 2.75) is 31.7 Å². The van der Waals surface area contributed by atoms with E-state index in [0.29, 0.717) is 0 Å². The van der Waals surface area contributed by atoms with E-state index < -0.39 is 22.5 Å². The van der Waals surface area contributed by atoms with Crippen molar-refractivity contribution >= 4 is 21.8 Å². The van der Waals surface area contributed by atoms with Gasteiger partial charge < -0.3 is 10.6 Å².